The van der Waals surface area contributed by atoms with Gasteiger partial charge in [-0.3, -0.25) is 9.67 Å². The van der Waals surface area contributed by atoms with Gasteiger partial charge in [0.05, 0.1) is 31.1 Å². The quantitative estimate of drug-likeness (QED) is 0.648. The van der Waals surface area contributed by atoms with Gasteiger partial charge in [0.15, 0.2) is 0 Å². The van der Waals surface area contributed by atoms with Crippen LogP contribution in [0.3, 0.4) is 0 Å². The minimum atomic E-state index is 0.217. The number of nitrogens with zero attached hydrogens (tertiary/aromatic N) is 5. The van der Waals surface area contributed by atoms with Crippen molar-refractivity contribution in [1.82, 2.24) is 19.7 Å². The summed E-state index contributed by atoms with van der Waals surface area (Å²) >= 11 is 0. The Bertz CT molecular complexity index is 1070. The third-order valence-corrected chi connectivity index (χ3v) is 5.18. The standard InChI is InChI=1S/C21H25N7O/c1-3-27-12-15(11-25-27)17-10-19(28-8-9-29-13-14(28)2)26-20-16(17)5-7-24-21(20)18(23)4-6-22/h4-7,10-12,14,22H,3,8-9,13,23H2,1-2H3/b18-4-,22-6?/t14-/m1/s1. The minimum absolute atomic E-state index is 0.217. The third-order valence-electron chi connectivity index (χ3n) is 5.18. The Morgan fingerprint density at radius 1 is 1.45 bits per heavy atom. The van der Waals surface area contributed by atoms with Gasteiger partial charge in [-0.15, -0.1) is 0 Å². The molecule has 0 radical (unpaired) electrons. The largest absolute Gasteiger partial charge is 0.397 e. The molecule has 0 spiro atoms. The molecule has 3 N–H and O–H groups in total. The Morgan fingerprint density at radius 3 is 3.03 bits per heavy atom. The Balaban J connectivity index is 1.97. The molecule has 3 aromatic rings. The molecule has 0 amide bonds. The van der Waals surface area contributed by atoms with Crippen LogP contribution < -0.4 is 10.6 Å². The summed E-state index contributed by atoms with van der Waals surface area (Å²) in [5.41, 5.74) is 9.98. The van der Waals surface area contributed by atoms with E-state index in [9.17, 15) is 0 Å². The molecule has 1 saturated heterocycles. The van der Waals surface area contributed by atoms with Gasteiger partial charge in [0.25, 0.3) is 0 Å². The molecule has 1 fully saturated rings. The molecule has 1 aliphatic rings. The highest BCUT2D eigenvalue weighted by Gasteiger charge is 2.23. The Hall–Kier alpha value is -3.26. The van der Waals surface area contributed by atoms with Crippen molar-refractivity contribution >= 4 is 28.6 Å². The smallest absolute Gasteiger partial charge is 0.130 e. The highest BCUT2D eigenvalue weighted by molar-refractivity contribution is 6.01. The van der Waals surface area contributed by atoms with E-state index in [-0.39, 0.29) is 6.04 Å². The molecule has 8 heteroatoms. The van der Waals surface area contributed by atoms with E-state index < -0.39 is 0 Å². The fraction of sp³-hybridized carbons (Fsp3) is 0.333. The van der Waals surface area contributed by atoms with Crippen LogP contribution in [0.15, 0.2) is 36.8 Å². The summed E-state index contributed by atoms with van der Waals surface area (Å²) in [5.74, 6) is 0.865. The van der Waals surface area contributed by atoms with Gasteiger partial charge in [-0.1, -0.05) is 0 Å². The van der Waals surface area contributed by atoms with Crippen molar-refractivity contribution in [2.45, 2.75) is 26.4 Å². The van der Waals surface area contributed by atoms with Gasteiger partial charge in [0.2, 0.25) is 0 Å². The van der Waals surface area contributed by atoms with Crippen LogP contribution in [0, 0.1) is 5.41 Å². The zero-order chi connectivity index (χ0) is 20.4. The zero-order valence-corrected chi connectivity index (χ0v) is 16.7. The minimum Gasteiger partial charge on any atom is -0.397 e. The summed E-state index contributed by atoms with van der Waals surface area (Å²) in [6.45, 7) is 7.11. The highest BCUT2D eigenvalue weighted by atomic mass is 16.5. The van der Waals surface area contributed by atoms with Crippen LogP contribution in [0.25, 0.3) is 27.7 Å². The first kappa shape index (κ1) is 19.1. The topological polar surface area (TPSA) is 106 Å². The Labute approximate surface area is 169 Å². The Kier molecular flexibility index (Phi) is 5.26. The van der Waals surface area contributed by atoms with Gasteiger partial charge >= 0.3 is 0 Å². The molecule has 0 aromatic carbocycles. The lowest BCUT2D eigenvalue weighted by molar-refractivity contribution is 0.0986. The number of fused-ring (bicyclic) bond motifs is 1. The van der Waals surface area contributed by atoms with Crippen molar-refractivity contribution < 1.29 is 4.74 Å². The molecule has 1 atom stereocenters. The van der Waals surface area contributed by atoms with Crippen molar-refractivity contribution in [3.8, 4) is 11.1 Å². The van der Waals surface area contributed by atoms with Crippen molar-refractivity contribution in [1.29, 1.82) is 5.41 Å². The average Bonchev–Trinajstić information content (AvgIpc) is 3.22. The van der Waals surface area contributed by atoms with Crippen molar-refractivity contribution in [3.63, 3.8) is 0 Å². The second kappa shape index (κ2) is 8.00. The predicted molar refractivity (Wildman–Crippen MR) is 115 cm³/mol. The van der Waals surface area contributed by atoms with Gasteiger partial charge < -0.3 is 20.8 Å². The van der Waals surface area contributed by atoms with Crippen LogP contribution in [-0.4, -0.2) is 51.8 Å². The number of nitrogens with one attached hydrogen (secondary N) is 1. The second-order valence-corrected chi connectivity index (χ2v) is 7.07. The maximum Gasteiger partial charge on any atom is 0.130 e. The molecule has 3 aromatic heterocycles. The fourth-order valence-electron chi connectivity index (χ4n) is 3.65. The van der Waals surface area contributed by atoms with Gasteiger partial charge in [-0.05, 0) is 37.6 Å². The number of ether oxygens (including phenoxy) is 1. The molecule has 29 heavy (non-hydrogen) atoms. The van der Waals surface area contributed by atoms with E-state index in [1.165, 1.54) is 6.08 Å². The van der Waals surface area contributed by atoms with E-state index in [4.69, 9.17) is 20.9 Å². The maximum atomic E-state index is 7.36. The predicted octanol–water partition coefficient (Wildman–Crippen LogP) is 2.69. The van der Waals surface area contributed by atoms with E-state index in [1.54, 1.807) is 6.20 Å². The first-order chi connectivity index (χ1) is 14.1. The molecular weight excluding hydrogens is 366 g/mol. The van der Waals surface area contributed by atoms with Crippen molar-refractivity contribution in [2.75, 3.05) is 24.7 Å². The van der Waals surface area contributed by atoms with Crippen LogP contribution in [0.5, 0.6) is 0 Å². The molecule has 4 rings (SSSR count). The van der Waals surface area contributed by atoms with E-state index >= 15 is 0 Å². The summed E-state index contributed by atoms with van der Waals surface area (Å²) in [5, 5.41) is 12.8. The lowest BCUT2D eigenvalue weighted by atomic mass is 10.0. The second-order valence-electron chi connectivity index (χ2n) is 7.07. The van der Waals surface area contributed by atoms with E-state index in [0.29, 0.717) is 24.6 Å². The average molecular weight is 391 g/mol. The van der Waals surface area contributed by atoms with Crippen molar-refractivity contribution in [2.24, 2.45) is 5.73 Å². The fourth-order valence-corrected chi connectivity index (χ4v) is 3.65. The molecule has 0 saturated carbocycles. The van der Waals surface area contributed by atoms with E-state index in [1.807, 2.05) is 23.1 Å². The summed E-state index contributed by atoms with van der Waals surface area (Å²) in [6.07, 6.45) is 8.34. The van der Waals surface area contributed by atoms with E-state index in [2.05, 4.69) is 34.9 Å². The molecule has 0 aliphatic carbocycles. The summed E-state index contributed by atoms with van der Waals surface area (Å²) in [7, 11) is 0. The van der Waals surface area contributed by atoms with Crippen molar-refractivity contribution in [3.05, 3.63) is 42.5 Å². The van der Waals surface area contributed by atoms with Crippen LogP contribution >= 0.6 is 0 Å². The number of aryl methyl sites for hydroxylation is 1. The molecule has 4 heterocycles. The number of allylic oxidation sites excluding steroid dienone is 1. The number of rotatable bonds is 5. The van der Waals surface area contributed by atoms with Crippen LogP contribution in [0.1, 0.15) is 19.5 Å². The SMILES string of the molecule is CCn1cc(-c2cc(N3CCOC[C@H]3C)nc3c(/C(N)=C/C=N)nccc23)cn1. The molecule has 0 unspecified atom stereocenters. The number of pyridine rings is 2. The number of hydrogen-bond acceptors (Lipinski definition) is 7. The first-order valence-electron chi connectivity index (χ1n) is 9.76. The lowest BCUT2D eigenvalue weighted by Crippen LogP contribution is -2.44. The van der Waals surface area contributed by atoms with Crippen LogP contribution in [-0.2, 0) is 11.3 Å². The van der Waals surface area contributed by atoms with Gasteiger partial charge in [0, 0.05) is 42.6 Å². The summed E-state index contributed by atoms with van der Waals surface area (Å²) < 4.78 is 7.51. The number of nitrogens with two attached hydrogens (primary N) is 1. The highest BCUT2D eigenvalue weighted by Crippen LogP contribution is 2.34. The number of morpholine rings is 1. The van der Waals surface area contributed by atoms with E-state index in [0.717, 1.165) is 47.2 Å². The molecule has 8 nitrogen and oxygen atoms in total. The molecular formula is C21H25N7O. The molecule has 1 aliphatic heterocycles. The van der Waals surface area contributed by atoms with Gasteiger partial charge in [0.1, 0.15) is 17.0 Å². The molecule has 0 bridgehead atoms. The number of aromatic nitrogens is 4. The van der Waals surface area contributed by atoms with Crippen LogP contribution in [0.4, 0.5) is 5.82 Å². The number of anilines is 1. The van der Waals surface area contributed by atoms with Gasteiger partial charge in [-0.25, -0.2) is 4.98 Å². The summed E-state index contributed by atoms with van der Waals surface area (Å²) in [4.78, 5) is 11.7. The number of hydrogen-bond donors (Lipinski definition) is 2. The monoisotopic (exact) mass is 391 g/mol. The van der Waals surface area contributed by atoms with Gasteiger partial charge in [-0.2, -0.15) is 5.10 Å². The lowest BCUT2D eigenvalue weighted by Gasteiger charge is -2.34. The first-order valence-corrected chi connectivity index (χ1v) is 9.76. The maximum absolute atomic E-state index is 7.36. The summed E-state index contributed by atoms with van der Waals surface area (Å²) in [6, 6.07) is 4.28. The zero-order valence-electron chi connectivity index (χ0n) is 16.7. The normalized spacial score (nSPS) is 17.7. The molecule has 150 valence electrons. The van der Waals surface area contributed by atoms with Crippen LogP contribution in [0.2, 0.25) is 0 Å². The third kappa shape index (κ3) is 3.58. The Morgan fingerprint density at radius 2 is 2.31 bits per heavy atom.